The highest BCUT2D eigenvalue weighted by Gasteiger charge is 2.08. The van der Waals surface area contributed by atoms with Gasteiger partial charge in [-0.3, -0.25) is 9.79 Å². The number of thioether (sulfide) groups is 1. The Hall–Kier alpha value is -1.55. The summed E-state index contributed by atoms with van der Waals surface area (Å²) in [7, 11) is 0. The van der Waals surface area contributed by atoms with Crippen LogP contribution in [0.15, 0.2) is 41.4 Å². The lowest BCUT2D eigenvalue weighted by Crippen LogP contribution is -2.25. The smallest absolute Gasteiger partial charge is 0.249 e. The van der Waals surface area contributed by atoms with E-state index in [9.17, 15) is 4.79 Å². The van der Waals surface area contributed by atoms with Gasteiger partial charge in [0.05, 0.1) is 6.54 Å². The Kier molecular flexibility index (Phi) is 3.77. The molecule has 0 aliphatic carbocycles. The maximum atomic E-state index is 11.5. The zero-order valence-electron chi connectivity index (χ0n) is 8.72. The second-order valence-electron chi connectivity index (χ2n) is 3.27. The third-order valence-corrected chi connectivity index (χ3v) is 2.93. The summed E-state index contributed by atoms with van der Waals surface area (Å²) < 4.78 is 0. The van der Waals surface area contributed by atoms with E-state index in [4.69, 9.17) is 0 Å². The molecule has 0 saturated heterocycles. The van der Waals surface area contributed by atoms with E-state index in [0.717, 1.165) is 23.0 Å². The van der Waals surface area contributed by atoms with Crippen LogP contribution in [0.4, 0.5) is 0 Å². The van der Waals surface area contributed by atoms with Crippen LogP contribution in [0.3, 0.4) is 0 Å². The van der Waals surface area contributed by atoms with E-state index in [-0.39, 0.29) is 5.91 Å². The predicted molar refractivity (Wildman–Crippen MR) is 68.4 cm³/mol. The van der Waals surface area contributed by atoms with Gasteiger partial charge in [0.25, 0.3) is 0 Å². The van der Waals surface area contributed by atoms with Gasteiger partial charge in [-0.05, 0) is 11.6 Å². The lowest BCUT2D eigenvalue weighted by molar-refractivity contribution is -0.115. The molecule has 82 valence electrons. The fourth-order valence-electron chi connectivity index (χ4n) is 1.29. The number of amides is 1. The Morgan fingerprint density at radius 1 is 1.38 bits per heavy atom. The summed E-state index contributed by atoms with van der Waals surface area (Å²) in [5.74, 6) is 0.829. The van der Waals surface area contributed by atoms with Crippen LogP contribution in [0.1, 0.15) is 5.56 Å². The lowest BCUT2D eigenvalue weighted by atomic mass is 10.2. The molecule has 0 fully saturated rings. The maximum absolute atomic E-state index is 11.5. The quantitative estimate of drug-likeness (QED) is 0.791. The van der Waals surface area contributed by atoms with Crippen molar-refractivity contribution in [2.75, 3.05) is 12.3 Å². The molecular formula is C12H12N2OS. The molecule has 0 atom stereocenters. The topological polar surface area (TPSA) is 41.5 Å². The molecule has 1 heterocycles. The first-order valence-corrected chi connectivity index (χ1v) is 6.04. The van der Waals surface area contributed by atoms with Crippen molar-refractivity contribution in [1.82, 2.24) is 5.32 Å². The van der Waals surface area contributed by atoms with Gasteiger partial charge in [0.1, 0.15) is 0 Å². The van der Waals surface area contributed by atoms with Crippen molar-refractivity contribution in [3.05, 3.63) is 42.0 Å². The molecule has 3 nitrogen and oxygen atoms in total. The Bertz CT molecular complexity index is 426. The van der Waals surface area contributed by atoms with Crippen LogP contribution in [-0.4, -0.2) is 23.4 Å². The fourth-order valence-corrected chi connectivity index (χ4v) is 2.03. The summed E-state index contributed by atoms with van der Waals surface area (Å²) in [4.78, 5) is 15.6. The summed E-state index contributed by atoms with van der Waals surface area (Å²) in [5.41, 5.74) is 1.01. The number of nitrogens with zero attached hydrogens (tertiary/aromatic N) is 1. The van der Waals surface area contributed by atoms with Gasteiger partial charge in [-0.1, -0.05) is 42.1 Å². The number of nitrogens with one attached hydrogen (secondary N) is 1. The van der Waals surface area contributed by atoms with E-state index in [0.29, 0.717) is 0 Å². The Morgan fingerprint density at radius 2 is 2.19 bits per heavy atom. The molecule has 1 aromatic rings. The first-order chi connectivity index (χ1) is 7.84. The molecule has 1 N–H and O–H groups in total. The second-order valence-corrected chi connectivity index (χ2v) is 4.35. The molecule has 16 heavy (non-hydrogen) atoms. The molecule has 0 radical (unpaired) electrons. The number of carbonyl (C=O) groups excluding carboxylic acids is 1. The highest BCUT2D eigenvalue weighted by molar-refractivity contribution is 8.14. The number of rotatable bonds is 2. The SMILES string of the molecule is O=C(C=Cc1ccccc1)NC1=NCCS1. The monoisotopic (exact) mass is 232 g/mol. The summed E-state index contributed by atoms with van der Waals surface area (Å²) >= 11 is 1.58. The summed E-state index contributed by atoms with van der Waals surface area (Å²) in [6.07, 6.45) is 3.31. The van der Waals surface area contributed by atoms with E-state index in [2.05, 4.69) is 10.3 Å². The van der Waals surface area contributed by atoms with Gasteiger partial charge in [0, 0.05) is 11.8 Å². The summed E-state index contributed by atoms with van der Waals surface area (Å²) in [5, 5.41) is 3.46. The third-order valence-electron chi connectivity index (χ3n) is 2.04. The number of aliphatic imine (C=N–C) groups is 1. The van der Waals surface area contributed by atoms with Crippen molar-refractivity contribution in [2.24, 2.45) is 4.99 Å². The van der Waals surface area contributed by atoms with Gasteiger partial charge in [-0.25, -0.2) is 0 Å². The average Bonchev–Trinajstić information content (AvgIpc) is 2.81. The molecule has 1 aliphatic heterocycles. The van der Waals surface area contributed by atoms with Crippen LogP contribution in [0, 0.1) is 0 Å². The number of amidine groups is 1. The minimum absolute atomic E-state index is 0.128. The van der Waals surface area contributed by atoms with Gasteiger partial charge >= 0.3 is 0 Å². The number of hydrogen-bond donors (Lipinski definition) is 1. The molecular weight excluding hydrogens is 220 g/mol. The van der Waals surface area contributed by atoms with Crippen molar-refractivity contribution < 1.29 is 4.79 Å². The molecule has 0 unspecified atom stereocenters. The number of carbonyl (C=O) groups is 1. The van der Waals surface area contributed by atoms with Crippen LogP contribution in [0.25, 0.3) is 6.08 Å². The molecule has 2 rings (SSSR count). The molecule has 1 amide bonds. The van der Waals surface area contributed by atoms with Crippen LogP contribution < -0.4 is 5.32 Å². The van der Waals surface area contributed by atoms with Crippen molar-refractivity contribution in [1.29, 1.82) is 0 Å². The minimum Gasteiger partial charge on any atom is -0.302 e. The highest BCUT2D eigenvalue weighted by Crippen LogP contribution is 2.08. The van der Waals surface area contributed by atoms with E-state index in [1.165, 1.54) is 6.08 Å². The first-order valence-electron chi connectivity index (χ1n) is 5.06. The second kappa shape index (κ2) is 5.51. The van der Waals surface area contributed by atoms with Gasteiger partial charge in [-0.2, -0.15) is 0 Å². The van der Waals surface area contributed by atoms with E-state index in [1.54, 1.807) is 17.8 Å². The predicted octanol–water partition coefficient (Wildman–Crippen LogP) is 1.92. The maximum Gasteiger partial charge on any atom is 0.249 e. The van der Waals surface area contributed by atoms with Crippen molar-refractivity contribution in [3.63, 3.8) is 0 Å². The van der Waals surface area contributed by atoms with Crippen molar-refractivity contribution in [3.8, 4) is 0 Å². The number of hydrogen-bond acceptors (Lipinski definition) is 3. The molecule has 0 bridgehead atoms. The Morgan fingerprint density at radius 3 is 2.88 bits per heavy atom. The highest BCUT2D eigenvalue weighted by atomic mass is 32.2. The molecule has 0 spiro atoms. The van der Waals surface area contributed by atoms with E-state index in [1.807, 2.05) is 30.3 Å². The third kappa shape index (κ3) is 3.24. The van der Waals surface area contributed by atoms with Gasteiger partial charge in [-0.15, -0.1) is 0 Å². The lowest BCUT2D eigenvalue weighted by Gasteiger charge is -1.98. The molecule has 1 aliphatic rings. The van der Waals surface area contributed by atoms with Gasteiger partial charge in [0.15, 0.2) is 5.17 Å². The van der Waals surface area contributed by atoms with Gasteiger partial charge < -0.3 is 5.32 Å². The first kappa shape index (κ1) is 11.0. The van der Waals surface area contributed by atoms with Crippen LogP contribution >= 0.6 is 11.8 Å². The molecule has 4 heteroatoms. The summed E-state index contributed by atoms with van der Waals surface area (Å²) in [6.45, 7) is 0.794. The fraction of sp³-hybridized carbons (Fsp3) is 0.167. The zero-order valence-corrected chi connectivity index (χ0v) is 9.54. The van der Waals surface area contributed by atoms with Crippen molar-refractivity contribution >= 4 is 28.9 Å². The van der Waals surface area contributed by atoms with Gasteiger partial charge in [0.2, 0.25) is 5.91 Å². The van der Waals surface area contributed by atoms with E-state index < -0.39 is 0 Å². The molecule has 0 aromatic heterocycles. The Labute approximate surface area is 98.7 Å². The average molecular weight is 232 g/mol. The molecule has 0 saturated carbocycles. The standard InChI is InChI=1S/C12H12N2OS/c15-11(14-12-13-8-9-16-12)7-6-10-4-2-1-3-5-10/h1-7H,8-9H2,(H,13,14,15). The normalized spacial score (nSPS) is 15.1. The number of benzene rings is 1. The zero-order chi connectivity index (χ0) is 11.2. The Balaban J connectivity index is 1.89. The van der Waals surface area contributed by atoms with Crippen LogP contribution in [-0.2, 0) is 4.79 Å². The van der Waals surface area contributed by atoms with Crippen LogP contribution in [0.5, 0.6) is 0 Å². The minimum atomic E-state index is -0.128. The summed E-state index contributed by atoms with van der Waals surface area (Å²) in [6, 6.07) is 9.72. The van der Waals surface area contributed by atoms with Crippen LogP contribution in [0.2, 0.25) is 0 Å². The van der Waals surface area contributed by atoms with Crippen molar-refractivity contribution in [2.45, 2.75) is 0 Å². The van der Waals surface area contributed by atoms with E-state index >= 15 is 0 Å². The largest absolute Gasteiger partial charge is 0.302 e. The molecule has 1 aromatic carbocycles.